The van der Waals surface area contributed by atoms with Gasteiger partial charge in [-0.25, -0.2) is 0 Å². The lowest BCUT2D eigenvalue weighted by molar-refractivity contribution is -0.384. The number of para-hydroxylation sites is 1. The highest BCUT2D eigenvalue weighted by atomic mass is 16.6. The third-order valence-corrected chi connectivity index (χ3v) is 1.84. The zero-order valence-corrected chi connectivity index (χ0v) is 8.40. The van der Waals surface area contributed by atoms with Crippen LogP contribution >= 0.6 is 0 Å². The molecule has 0 aliphatic rings. The summed E-state index contributed by atoms with van der Waals surface area (Å²) in [7, 11) is 1.40. The number of nitrogens with zero attached hydrogens (tertiary/aromatic N) is 1. The molecule has 15 heavy (non-hydrogen) atoms. The highest BCUT2D eigenvalue weighted by molar-refractivity contribution is 5.68. The minimum atomic E-state index is -0.468. The molecule has 0 aliphatic carbocycles. The Labute approximate surface area is 87.5 Å². The van der Waals surface area contributed by atoms with E-state index in [4.69, 9.17) is 4.74 Å². The Morgan fingerprint density at radius 2 is 2.40 bits per heavy atom. The Morgan fingerprint density at radius 1 is 1.67 bits per heavy atom. The number of nitrogens with one attached hydrogen (secondary N) is 1. The number of rotatable bonds is 5. The van der Waals surface area contributed by atoms with E-state index in [9.17, 15) is 10.1 Å². The van der Waals surface area contributed by atoms with E-state index in [0.717, 1.165) is 0 Å². The third-order valence-electron chi connectivity index (χ3n) is 1.84. The standard InChI is InChI=1S/C10H12N2O3/c1-3-7-11-8-5-4-6-9(15-2)10(8)12(13)14/h3-6,11H,1,7H2,2H3. The Morgan fingerprint density at radius 3 is 2.93 bits per heavy atom. The highest BCUT2D eigenvalue weighted by Gasteiger charge is 2.19. The summed E-state index contributed by atoms with van der Waals surface area (Å²) in [5.74, 6) is 0.245. The van der Waals surface area contributed by atoms with Gasteiger partial charge in [-0.05, 0) is 12.1 Å². The fourth-order valence-electron chi connectivity index (χ4n) is 1.20. The zero-order valence-electron chi connectivity index (χ0n) is 8.40. The normalized spacial score (nSPS) is 9.40. The van der Waals surface area contributed by atoms with Crippen LogP contribution in [0, 0.1) is 10.1 Å². The fraction of sp³-hybridized carbons (Fsp3) is 0.200. The molecular weight excluding hydrogens is 196 g/mol. The molecule has 1 aromatic rings. The van der Waals surface area contributed by atoms with Crippen LogP contribution in [0.25, 0.3) is 0 Å². The second kappa shape index (κ2) is 4.99. The first kappa shape index (κ1) is 11.0. The molecule has 1 aromatic carbocycles. The summed E-state index contributed by atoms with van der Waals surface area (Å²) in [5.41, 5.74) is 0.376. The Balaban J connectivity index is 3.12. The topological polar surface area (TPSA) is 64.4 Å². The van der Waals surface area contributed by atoms with Gasteiger partial charge in [-0.1, -0.05) is 12.1 Å². The van der Waals surface area contributed by atoms with Crippen molar-refractivity contribution in [2.75, 3.05) is 19.0 Å². The summed E-state index contributed by atoms with van der Waals surface area (Å²) in [5, 5.41) is 13.7. The van der Waals surface area contributed by atoms with Crippen molar-refractivity contribution in [3.63, 3.8) is 0 Å². The molecule has 0 aliphatic heterocycles. The number of hydrogen-bond acceptors (Lipinski definition) is 4. The molecule has 0 saturated heterocycles. The smallest absolute Gasteiger partial charge is 0.333 e. The molecule has 1 N–H and O–H groups in total. The first-order chi connectivity index (χ1) is 7.20. The summed E-state index contributed by atoms with van der Waals surface area (Å²) in [6.45, 7) is 4.00. The summed E-state index contributed by atoms with van der Waals surface area (Å²) < 4.78 is 4.92. The minimum absolute atomic E-state index is 0.0538. The van der Waals surface area contributed by atoms with Gasteiger partial charge >= 0.3 is 5.69 Å². The number of nitro groups is 1. The van der Waals surface area contributed by atoms with E-state index in [1.165, 1.54) is 7.11 Å². The van der Waals surface area contributed by atoms with E-state index < -0.39 is 4.92 Å². The maximum atomic E-state index is 10.8. The molecule has 0 bridgehead atoms. The molecule has 0 spiro atoms. The first-order valence-corrected chi connectivity index (χ1v) is 4.37. The largest absolute Gasteiger partial charge is 0.490 e. The number of methoxy groups -OCH3 is 1. The van der Waals surface area contributed by atoms with Gasteiger partial charge in [-0.15, -0.1) is 6.58 Å². The molecule has 5 heteroatoms. The lowest BCUT2D eigenvalue weighted by Gasteiger charge is -2.07. The van der Waals surface area contributed by atoms with Gasteiger partial charge in [0.15, 0.2) is 5.75 Å². The molecule has 0 saturated carbocycles. The molecule has 0 atom stereocenters. The highest BCUT2D eigenvalue weighted by Crippen LogP contribution is 2.34. The lowest BCUT2D eigenvalue weighted by Crippen LogP contribution is -2.03. The maximum absolute atomic E-state index is 10.8. The zero-order chi connectivity index (χ0) is 11.3. The quantitative estimate of drug-likeness (QED) is 0.457. The van der Waals surface area contributed by atoms with Crippen LogP contribution in [-0.4, -0.2) is 18.6 Å². The van der Waals surface area contributed by atoms with Crippen LogP contribution < -0.4 is 10.1 Å². The van der Waals surface area contributed by atoms with Crippen molar-refractivity contribution in [3.05, 3.63) is 41.0 Å². The van der Waals surface area contributed by atoms with Crippen molar-refractivity contribution in [3.8, 4) is 5.75 Å². The van der Waals surface area contributed by atoms with Crippen LogP contribution in [-0.2, 0) is 0 Å². The van der Waals surface area contributed by atoms with E-state index in [0.29, 0.717) is 12.2 Å². The number of anilines is 1. The van der Waals surface area contributed by atoms with Crippen LogP contribution in [0.15, 0.2) is 30.9 Å². The molecule has 0 unspecified atom stereocenters. The van der Waals surface area contributed by atoms with Gasteiger partial charge in [0.25, 0.3) is 0 Å². The SMILES string of the molecule is C=CCNc1cccc(OC)c1[N+](=O)[O-]. The number of hydrogen-bond donors (Lipinski definition) is 1. The van der Waals surface area contributed by atoms with E-state index in [2.05, 4.69) is 11.9 Å². The second-order valence-corrected chi connectivity index (χ2v) is 2.78. The number of nitro benzene ring substituents is 1. The molecule has 80 valence electrons. The van der Waals surface area contributed by atoms with Crippen molar-refractivity contribution < 1.29 is 9.66 Å². The molecular formula is C10H12N2O3. The van der Waals surface area contributed by atoms with Crippen LogP contribution in [0.3, 0.4) is 0 Å². The maximum Gasteiger partial charge on any atom is 0.333 e. The van der Waals surface area contributed by atoms with Crippen molar-refractivity contribution in [1.82, 2.24) is 0 Å². The molecule has 0 heterocycles. The average molecular weight is 208 g/mol. The van der Waals surface area contributed by atoms with Crippen LogP contribution in [0.2, 0.25) is 0 Å². The van der Waals surface area contributed by atoms with Crippen LogP contribution in [0.5, 0.6) is 5.75 Å². The predicted molar refractivity (Wildman–Crippen MR) is 58.3 cm³/mol. The molecule has 0 aromatic heterocycles. The lowest BCUT2D eigenvalue weighted by atomic mass is 10.2. The van der Waals surface area contributed by atoms with Gasteiger partial charge in [0.1, 0.15) is 5.69 Å². The van der Waals surface area contributed by atoms with Crippen molar-refractivity contribution in [2.45, 2.75) is 0 Å². The van der Waals surface area contributed by atoms with Gasteiger partial charge in [0.2, 0.25) is 0 Å². The third kappa shape index (κ3) is 2.46. The van der Waals surface area contributed by atoms with Gasteiger partial charge in [0, 0.05) is 6.54 Å². The molecule has 0 amide bonds. The van der Waals surface area contributed by atoms with Gasteiger partial charge < -0.3 is 10.1 Å². The average Bonchev–Trinajstić information content (AvgIpc) is 2.25. The molecule has 5 nitrogen and oxygen atoms in total. The Kier molecular flexibility index (Phi) is 3.68. The monoisotopic (exact) mass is 208 g/mol. The van der Waals surface area contributed by atoms with E-state index in [1.807, 2.05) is 0 Å². The molecule has 1 rings (SSSR count). The Bertz CT molecular complexity index is 377. The summed E-state index contributed by atoms with van der Waals surface area (Å²) in [6.07, 6.45) is 1.63. The molecule has 0 fully saturated rings. The van der Waals surface area contributed by atoms with Crippen molar-refractivity contribution in [1.29, 1.82) is 0 Å². The number of benzene rings is 1. The van der Waals surface area contributed by atoms with Gasteiger partial charge in [-0.3, -0.25) is 10.1 Å². The van der Waals surface area contributed by atoms with E-state index in [1.54, 1.807) is 24.3 Å². The summed E-state index contributed by atoms with van der Waals surface area (Å²) >= 11 is 0. The van der Waals surface area contributed by atoms with Crippen molar-refractivity contribution >= 4 is 11.4 Å². The summed E-state index contributed by atoms with van der Waals surface area (Å²) in [4.78, 5) is 10.4. The Hall–Kier alpha value is -2.04. The van der Waals surface area contributed by atoms with E-state index >= 15 is 0 Å². The van der Waals surface area contributed by atoms with Gasteiger partial charge in [0.05, 0.1) is 12.0 Å². The number of ether oxygens (including phenoxy) is 1. The summed E-state index contributed by atoms with van der Waals surface area (Å²) in [6, 6.07) is 4.87. The van der Waals surface area contributed by atoms with Crippen LogP contribution in [0.4, 0.5) is 11.4 Å². The minimum Gasteiger partial charge on any atom is -0.490 e. The van der Waals surface area contributed by atoms with Crippen LogP contribution in [0.1, 0.15) is 0 Å². The van der Waals surface area contributed by atoms with Gasteiger partial charge in [-0.2, -0.15) is 0 Å². The fourth-order valence-corrected chi connectivity index (χ4v) is 1.20. The van der Waals surface area contributed by atoms with Crippen molar-refractivity contribution in [2.24, 2.45) is 0 Å². The predicted octanol–water partition coefficient (Wildman–Crippen LogP) is 2.20. The second-order valence-electron chi connectivity index (χ2n) is 2.78. The molecule has 0 radical (unpaired) electrons. The first-order valence-electron chi connectivity index (χ1n) is 4.37. The van der Waals surface area contributed by atoms with E-state index in [-0.39, 0.29) is 11.4 Å².